The van der Waals surface area contributed by atoms with Crippen LogP contribution in [0.1, 0.15) is 24.5 Å². The number of likely N-dealkylation sites (N-methyl/N-ethyl adjacent to an activating group) is 1. The Morgan fingerprint density at radius 3 is 2.36 bits per heavy atom. The molecule has 0 fully saturated rings. The third-order valence-corrected chi connectivity index (χ3v) is 4.39. The molecule has 6 heteroatoms. The van der Waals surface area contributed by atoms with Crippen molar-refractivity contribution in [1.29, 1.82) is 0 Å². The van der Waals surface area contributed by atoms with E-state index >= 15 is 0 Å². The van der Waals surface area contributed by atoms with Crippen molar-refractivity contribution in [2.24, 2.45) is 0 Å². The van der Waals surface area contributed by atoms with Gasteiger partial charge in [-0.25, -0.2) is 0 Å². The monoisotopic (exact) mass is 385 g/mol. The minimum absolute atomic E-state index is 0.154. The smallest absolute Gasteiger partial charge is 0.306 e. The normalized spacial score (nSPS) is 10.2. The topological polar surface area (TPSA) is 65.1 Å². The molecule has 6 nitrogen and oxygen atoms in total. The van der Waals surface area contributed by atoms with E-state index in [1.54, 1.807) is 25.2 Å². The lowest BCUT2D eigenvalue weighted by molar-refractivity contribution is -0.152. The van der Waals surface area contributed by atoms with Gasteiger partial charge in [0.2, 0.25) is 0 Å². The molecule has 0 heterocycles. The number of para-hydroxylation sites is 1. The van der Waals surface area contributed by atoms with Gasteiger partial charge in [0.25, 0.3) is 5.91 Å². The zero-order valence-corrected chi connectivity index (χ0v) is 16.6. The second-order valence-electron chi connectivity index (χ2n) is 6.21. The minimum Gasteiger partial charge on any atom is -0.493 e. The molecule has 0 unspecified atom stereocenters. The first-order chi connectivity index (χ1) is 13.6. The zero-order chi connectivity index (χ0) is 20.4. The van der Waals surface area contributed by atoms with Crippen LogP contribution in [-0.2, 0) is 27.3 Å². The fourth-order valence-corrected chi connectivity index (χ4v) is 2.87. The molecule has 0 spiro atoms. The molecule has 1 amide bonds. The standard InChI is InChI=1S/C22H27NO5/c1-4-23(15-17-9-6-5-7-10-17)20(24)16-28-21(25)14-13-18-11-8-12-19(26-2)22(18)27-3/h5-12H,4,13-16H2,1-3H3. The van der Waals surface area contributed by atoms with Crippen LogP contribution < -0.4 is 9.47 Å². The van der Waals surface area contributed by atoms with Gasteiger partial charge in [-0.3, -0.25) is 9.59 Å². The molecule has 0 N–H and O–H groups in total. The van der Waals surface area contributed by atoms with E-state index in [-0.39, 0.29) is 18.9 Å². The third-order valence-electron chi connectivity index (χ3n) is 4.39. The van der Waals surface area contributed by atoms with E-state index in [2.05, 4.69) is 0 Å². The third kappa shape index (κ3) is 6.01. The highest BCUT2D eigenvalue weighted by Crippen LogP contribution is 2.31. The fourth-order valence-electron chi connectivity index (χ4n) is 2.87. The lowest BCUT2D eigenvalue weighted by Gasteiger charge is -2.21. The maximum atomic E-state index is 12.4. The summed E-state index contributed by atoms with van der Waals surface area (Å²) in [7, 11) is 3.13. The number of aryl methyl sites for hydroxylation is 1. The summed E-state index contributed by atoms with van der Waals surface area (Å²) < 4.78 is 15.8. The number of hydrogen-bond acceptors (Lipinski definition) is 5. The van der Waals surface area contributed by atoms with Crippen molar-refractivity contribution in [3.63, 3.8) is 0 Å². The summed E-state index contributed by atoms with van der Waals surface area (Å²) in [5.74, 6) is 0.588. The van der Waals surface area contributed by atoms with Gasteiger partial charge in [0.15, 0.2) is 18.1 Å². The predicted octanol–water partition coefficient (Wildman–Crippen LogP) is 3.23. The second-order valence-corrected chi connectivity index (χ2v) is 6.21. The number of esters is 1. The molecule has 0 atom stereocenters. The average Bonchev–Trinajstić information content (AvgIpc) is 2.74. The molecule has 0 saturated heterocycles. The molecule has 150 valence electrons. The number of hydrogen-bond donors (Lipinski definition) is 0. The van der Waals surface area contributed by atoms with Crippen molar-refractivity contribution in [1.82, 2.24) is 4.90 Å². The van der Waals surface area contributed by atoms with Gasteiger partial charge in [0.1, 0.15) is 0 Å². The number of methoxy groups -OCH3 is 2. The predicted molar refractivity (Wildman–Crippen MR) is 106 cm³/mol. The molecule has 0 bridgehead atoms. The van der Waals surface area contributed by atoms with Crippen LogP contribution in [0.5, 0.6) is 11.5 Å². The molecule has 2 aromatic rings. The Balaban J connectivity index is 1.84. The molecular formula is C22H27NO5. The van der Waals surface area contributed by atoms with E-state index in [1.807, 2.05) is 49.4 Å². The van der Waals surface area contributed by atoms with E-state index in [4.69, 9.17) is 14.2 Å². The van der Waals surface area contributed by atoms with Gasteiger partial charge in [-0.2, -0.15) is 0 Å². The molecular weight excluding hydrogens is 358 g/mol. The van der Waals surface area contributed by atoms with Gasteiger partial charge in [0, 0.05) is 19.5 Å². The van der Waals surface area contributed by atoms with Crippen molar-refractivity contribution >= 4 is 11.9 Å². The van der Waals surface area contributed by atoms with Gasteiger partial charge in [-0.05, 0) is 30.5 Å². The zero-order valence-electron chi connectivity index (χ0n) is 16.6. The summed E-state index contributed by atoms with van der Waals surface area (Å²) in [5, 5.41) is 0. The Kier molecular flexibility index (Phi) is 8.34. The highest BCUT2D eigenvalue weighted by molar-refractivity contribution is 5.80. The average molecular weight is 385 g/mol. The number of ether oxygens (including phenoxy) is 3. The minimum atomic E-state index is -0.422. The quantitative estimate of drug-likeness (QED) is 0.588. The Hall–Kier alpha value is -3.02. The maximum Gasteiger partial charge on any atom is 0.306 e. The van der Waals surface area contributed by atoms with Gasteiger partial charge < -0.3 is 19.1 Å². The largest absolute Gasteiger partial charge is 0.493 e. The van der Waals surface area contributed by atoms with E-state index in [1.165, 1.54) is 0 Å². The van der Waals surface area contributed by atoms with Crippen molar-refractivity contribution < 1.29 is 23.8 Å². The van der Waals surface area contributed by atoms with E-state index in [9.17, 15) is 9.59 Å². The van der Waals surface area contributed by atoms with Crippen molar-refractivity contribution in [3.05, 3.63) is 59.7 Å². The second kappa shape index (κ2) is 11.0. The van der Waals surface area contributed by atoms with E-state index in [0.29, 0.717) is 31.0 Å². The highest BCUT2D eigenvalue weighted by atomic mass is 16.5. The van der Waals surface area contributed by atoms with E-state index < -0.39 is 5.97 Å². The van der Waals surface area contributed by atoms with Gasteiger partial charge in [-0.15, -0.1) is 0 Å². The molecule has 0 radical (unpaired) electrons. The van der Waals surface area contributed by atoms with Gasteiger partial charge >= 0.3 is 5.97 Å². The van der Waals surface area contributed by atoms with Crippen molar-refractivity contribution in [2.45, 2.75) is 26.3 Å². The summed E-state index contributed by atoms with van der Waals surface area (Å²) in [6.07, 6.45) is 0.594. The lowest BCUT2D eigenvalue weighted by atomic mass is 10.1. The van der Waals surface area contributed by atoms with Crippen LogP contribution in [0.25, 0.3) is 0 Å². The summed E-state index contributed by atoms with van der Waals surface area (Å²) in [5.41, 5.74) is 1.89. The first-order valence-electron chi connectivity index (χ1n) is 9.26. The first kappa shape index (κ1) is 21.3. The van der Waals surface area contributed by atoms with Crippen LogP contribution in [0.2, 0.25) is 0 Å². The molecule has 0 aliphatic heterocycles. The van der Waals surface area contributed by atoms with Crippen LogP contribution >= 0.6 is 0 Å². The van der Waals surface area contributed by atoms with Gasteiger partial charge in [0.05, 0.1) is 14.2 Å². The van der Waals surface area contributed by atoms with Crippen LogP contribution in [0.4, 0.5) is 0 Å². The summed E-state index contributed by atoms with van der Waals surface area (Å²) >= 11 is 0. The summed E-state index contributed by atoms with van der Waals surface area (Å²) in [6.45, 7) is 2.69. The molecule has 0 aliphatic carbocycles. The first-order valence-corrected chi connectivity index (χ1v) is 9.26. The summed E-state index contributed by atoms with van der Waals surface area (Å²) in [4.78, 5) is 26.1. The van der Waals surface area contributed by atoms with Gasteiger partial charge in [-0.1, -0.05) is 42.5 Å². The Labute approximate surface area is 166 Å². The highest BCUT2D eigenvalue weighted by Gasteiger charge is 2.16. The molecule has 0 saturated carbocycles. The van der Waals surface area contributed by atoms with Crippen LogP contribution in [0.3, 0.4) is 0 Å². The lowest BCUT2D eigenvalue weighted by Crippen LogP contribution is -2.34. The molecule has 2 aromatic carbocycles. The number of carbonyl (C=O) groups is 2. The number of nitrogens with zero attached hydrogens (tertiary/aromatic N) is 1. The fraction of sp³-hybridized carbons (Fsp3) is 0.364. The van der Waals surface area contributed by atoms with Crippen molar-refractivity contribution in [2.75, 3.05) is 27.4 Å². The summed E-state index contributed by atoms with van der Waals surface area (Å²) in [6, 6.07) is 15.2. The number of rotatable bonds is 10. The Morgan fingerprint density at radius 2 is 1.71 bits per heavy atom. The van der Waals surface area contributed by atoms with Crippen LogP contribution in [0, 0.1) is 0 Å². The molecule has 28 heavy (non-hydrogen) atoms. The van der Waals surface area contributed by atoms with Crippen molar-refractivity contribution in [3.8, 4) is 11.5 Å². The van der Waals surface area contributed by atoms with Crippen LogP contribution in [-0.4, -0.2) is 44.1 Å². The SMILES string of the molecule is CCN(Cc1ccccc1)C(=O)COC(=O)CCc1cccc(OC)c1OC. The number of benzene rings is 2. The molecule has 0 aromatic heterocycles. The number of amides is 1. The maximum absolute atomic E-state index is 12.4. The molecule has 0 aliphatic rings. The Morgan fingerprint density at radius 1 is 0.964 bits per heavy atom. The van der Waals surface area contributed by atoms with E-state index in [0.717, 1.165) is 11.1 Å². The number of carbonyl (C=O) groups excluding carboxylic acids is 2. The van der Waals surface area contributed by atoms with Crippen LogP contribution in [0.15, 0.2) is 48.5 Å². The molecule has 2 rings (SSSR count). The Bertz CT molecular complexity index is 776.